The second-order valence-corrected chi connectivity index (χ2v) is 7.31. The van der Waals surface area contributed by atoms with Crippen LogP contribution in [0.5, 0.6) is 0 Å². The maximum atomic E-state index is 13.6. The van der Waals surface area contributed by atoms with Crippen LogP contribution in [0.3, 0.4) is 0 Å². The molecule has 1 saturated heterocycles. The molecule has 1 amide bonds. The van der Waals surface area contributed by atoms with Crippen molar-refractivity contribution in [3.05, 3.63) is 38.7 Å². The van der Waals surface area contributed by atoms with E-state index < -0.39 is 23.1 Å². The predicted octanol–water partition coefficient (Wildman–Crippen LogP) is 1.91. The molecule has 1 aliphatic heterocycles. The highest BCUT2D eigenvalue weighted by Crippen LogP contribution is 2.25. The Morgan fingerprint density at radius 2 is 2.08 bits per heavy atom. The van der Waals surface area contributed by atoms with E-state index in [0.717, 1.165) is 4.57 Å². The zero-order valence-electron chi connectivity index (χ0n) is 14.3. The Kier molecular flexibility index (Phi) is 4.83. The van der Waals surface area contributed by atoms with Crippen LogP contribution in [-0.4, -0.2) is 51.7 Å². The molecular formula is C17H17BrFN3O4. The molecule has 3 heterocycles. The number of esters is 1. The van der Waals surface area contributed by atoms with Gasteiger partial charge < -0.3 is 9.64 Å². The maximum Gasteiger partial charge on any atom is 0.343 e. The van der Waals surface area contributed by atoms with Crippen molar-refractivity contribution >= 4 is 38.8 Å². The molecule has 9 heteroatoms. The highest BCUT2D eigenvalue weighted by Gasteiger charge is 2.41. The first kappa shape index (κ1) is 18.5. The lowest BCUT2D eigenvalue weighted by molar-refractivity contribution is -0.144. The van der Waals surface area contributed by atoms with Crippen LogP contribution in [0.15, 0.2) is 27.6 Å². The molecule has 1 fully saturated rings. The molecule has 0 spiro atoms. The number of carbonyl (C=O) groups is 2. The third-order valence-corrected chi connectivity index (χ3v) is 4.51. The Balaban J connectivity index is 2.04. The van der Waals surface area contributed by atoms with Gasteiger partial charge in [-0.05, 0) is 41.9 Å². The average molecular weight is 426 g/mol. The molecule has 2 aromatic rings. The van der Waals surface area contributed by atoms with Gasteiger partial charge in [0.2, 0.25) is 5.91 Å². The Bertz CT molecular complexity index is 949. The Morgan fingerprint density at radius 3 is 2.69 bits per heavy atom. The average Bonchev–Trinajstić information content (AvgIpc) is 2.54. The Morgan fingerprint density at radius 1 is 1.38 bits per heavy atom. The molecule has 2 aromatic heterocycles. The van der Waals surface area contributed by atoms with E-state index in [9.17, 15) is 18.8 Å². The number of likely N-dealkylation sites (tertiary alicyclic amines) is 1. The van der Waals surface area contributed by atoms with Crippen LogP contribution in [0, 0.1) is 0 Å². The SMILES string of the molecule is CCOC(=O)c1cc2cc(Br)cnc2n(CC(=O)N2CC(C)(F)C2)c1=O. The minimum atomic E-state index is -1.40. The van der Waals surface area contributed by atoms with Crippen LogP contribution in [0.1, 0.15) is 24.2 Å². The van der Waals surface area contributed by atoms with Gasteiger partial charge in [-0.3, -0.25) is 14.2 Å². The molecule has 7 nitrogen and oxygen atoms in total. The number of carbonyl (C=O) groups excluding carboxylic acids is 2. The van der Waals surface area contributed by atoms with E-state index in [1.807, 2.05) is 0 Å². The molecular weight excluding hydrogens is 409 g/mol. The highest BCUT2D eigenvalue weighted by atomic mass is 79.9. The number of halogens is 2. The van der Waals surface area contributed by atoms with Gasteiger partial charge >= 0.3 is 5.97 Å². The molecule has 26 heavy (non-hydrogen) atoms. The fourth-order valence-corrected chi connectivity index (χ4v) is 3.25. The molecule has 3 rings (SSSR count). The number of rotatable bonds is 4. The molecule has 0 N–H and O–H groups in total. The highest BCUT2D eigenvalue weighted by molar-refractivity contribution is 9.10. The summed E-state index contributed by atoms with van der Waals surface area (Å²) in [6.45, 7) is 2.81. The van der Waals surface area contributed by atoms with Crippen molar-refractivity contribution in [3.63, 3.8) is 0 Å². The summed E-state index contributed by atoms with van der Waals surface area (Å²) in [5, 5.41) is 0.508. The molecule has 1 aliphatic rings. The number of nitrogens with zero attached hydrogens (tertiary/aromatic N) is 3. The molecule has 0 aromatic carbocycles. The minimum Gasteiger partial charge on any atom is -0.462 e. The predicted molar refractivity (Wildman–Crippen MR) is 95.8 cm³/mol. The first-order valence-corrected chi connectivity index (χ1v) is 8.84. The molecule has 0 bridgehead atoms. The van der Waals surface area contributed by atoms with Crippen molar-refractivity contribution in [2.24, 2.45) is 0 Å². The molecule has 0 atom stereocenters. The summed E-state index contributed by atoms with van der Waals surface area (Å²) in [7, 11) is 0. The third kappa shape index (κ3) is 3.48. The topological polar surface area (TPSA) is 81.5 Å². The molecule has 0 aliphatic carbocycles. The summed E-state index contributed by atoms with van der Waals surface area (Å²) in [4.78, 5) is 42.8. The van der Waals surface area contributed by atoms with Gasteiger partial charge in [0.15, 0.2) is 0 Å². The monoisotopic (exact) mass is 425 g/mol. The summed E-state index contributed by atoms with van der Waals surface area (Å²) in [5.41, 5.74) is -1.98. The Labute approximate surface area is 156 Å². The number of aromatic nitrogens is 2. The van der Waals surface area contributed by atoms with Gasteiger partial charge in [-0.15, -0.1) is 0 Å². The fourth-order valence-electron chi connectivity index (χ4n) is 2.90. The van der Waals surface area contributed by atoms with E-state index in [-0.39, 0.29) is 37.5 Å². The molecule has 138 valence electrons. The summed E-state index contributed by atoms with van der Waals surface area (Å²) < 4.78 is 20.4. The first-order chi connectivity index (χ1) is 12.2. The van der Waals surface area contributed by atoms with E-state index in [0.29, 0.717) is 9.86 Å². The standard InChI is InChI=1S/C17H17BrFN3O4/c1-3-26-16(25)12-5-10-4-11(18)6-20-14(10)22(15(12)24)7-13(23)21-8-17(2,19)9-21/h4-6H,3,7-9H2,1-2H3. The lowest BCUT2D eigenvalue weighted by atomic mass is 9.99. The van der Waals surface area contributed by atoms with Crippen LogP contribution in [-0.2, 0) is 16.1 Å². The molecule has 0 unspecified atom stereocenters. The number of hydrogen-bond acceptors (Lipinski definition) is 5. The van der Waals surface area contributed by atoms with Gasteiger partial charge in [0.25, 0.3) is 5.56 Å². The number of ether oxygens (including phenoxy) is 1. The van der Waals surface area contributed by atoms with Gasteiger partial charge in [0.05, 0.1) is 19.7 Å². The van der Waals surface area contributed by atoms with Crippen LogP contribution in [0.2, 0.25) is 0 Å². The van der Waals surface area contributed by atoms with Crippen molar-refractivity contribution in [1.82, 2.24) is 14.5 Å². The van der Waals surface area contributed by atoms with E-state index in [1.54, 1.807) is 13.0 Å². The van der Waals surface area contributed by atoms with Crippen LogP contribution < -0.4 is 5.56 Å². The number of alkyl halides is 1. The van der Waals surface area contributed by atoms with E-state index >= 15 is 0 Å². The third-order valence-electron chi connectivity index (χ3n) is 4.08. The van der Waals surface area contributed by atoms with Crippen molar-refractivity contribution in [1.29, 1.82) is 0 Å². The lowest BCUT2D eigenvalue weighted by Crippen LogP contribution is -2.60. The van der Waals surface area contributed by atoms with E-state index in [1.165, 1.54) is 24.1 Å². The van der Waals surface area contributed by atoms with Gasteiger partial charge in [0.1, 0.15) is 23.4 Å². The summed E-state index contributed by atoms with van der Waals surface area (Å²) in [5.74, 6) is -1.17. The minimum absolute atomic E-state index is 0.0188. The first-order valence-electron chi connectivity index (χ1n) is 8.05. The second kappa shape index (κ2) is 6.79. The smallest absolute Gasteiger partial charge is 0.343 e. The normalized spacial score (nSPS) is 15.6. The van der Waals surface area contributed by atoms with Crippen LogP contribution >= 0.6 is 15.9 Å². The molecule has 0 radical (unpaired) electrons. The van der Waals surface area contributed by atoms with Crippen LogP contribution in [0.25, 0.3) is 11.0 Å². The zero-order valence-corrected chi connectivity index (χ0v) is 15.9. The summed E-state index contributed by atoms with van der Waals surface area (Å²) >= 11 is 3.29. The van der Waals surface area contributed by atoms with Gasteiger partial charge in [0, 0.05) is 16.1 Å². The number of hydrogen-bond donors (Lipinski definition) is 0. The number of amides is 1. The lowest BCUT2D eigenvalue weighted by Gasteiger charge is -2.42. The summed E-state index contributed by atoms with van der Waals surface area (Å²) in [6.07, 6.45) is 1.50. The van der Waals surface area contributed by atoms with Crippen molar-refractivity contribution in [2.75, 3.05) is 19.7 Å². The van der Waals surface area contributed by atoms with Gasteiger partial charge in [-0.2, -0.15) is 0 Å². The largest absolute Gasteiger partial charge is 0.462 e. The van der Waals surface area contributed by atoms with Gasteiger partial charge in [-0.25, -0.2) is 14.2 Å². The second-order valence-electron chi connectivity index (χ2n) is 6.40. The summed E-state index contributed by atoms with van der Waals surface area (Å²) in [6, 6.07) is 3.09. The van der Waals surface area contributed by atoms with Gasteiger partial charge in [-0.1, -0.05) is 0 Å². The van der Waals surface area contributed by atoms with E-state index in [2.05, 4.69) is 20.9 Å². The quantitative estimate of drug-likeness (QED) is 0.698. The Hall–Kier alpha value is -2.29. The van der Waals surface area contributed by atoms with Crippen molar-refractivity contribution in [2.45, 2.75) is 26.1 Å². The zero-order chi connectivity index (χ0) is 19.1. The molecule has 0 saturated carbocycles. The maximum absolute atomic E-state index is 13.6. The fraction of sp³-hybridized carbons (Fsp3) is 0.412. The van der Waals surface area contributed by atoms with Crippen molar-refractivity contribution < 1.29 is 18.7 Å². The van der Waals surface area contributed by atoms with E-state index in [4.69, 9.17) is 4.74 Å². The van der Waals surface area contributed by atoms with Crippen LogP contribution in [0.4, 0.5) is 4.39 Å². The number of pyridine rings is 2. The van der Waals surface area contributed by atoms with Crippen molar-refractivity contribution in [3.8, 4) is 0 Å². The number of fused-ring (bicyclic) bond motifs is 1.